The summed E-state index contributed by atoms with van der Waals surface area (Å²) in [6.07, 6.45) is 7.09. The highest BCUT2D eigenvalue weighted by Gasteiger charge is 2.42. The largest absolute Gasteiger partial charge is 0.507 e. The van der Waals surface area contributed by atoms with Crippen LogP contribution in [0.25, 0.3) is 21.8 Å². The summed E-state index contributed by atoms with van der Waals surface area (Å²) in [5.41, 5.74) is 14.0. The minimum Gasteiger partial charge on any atom is -0.507 e. The molecule has 10 rings (SSSR count). The first-order valence-corrected chi connectivity index (χ1v) is 26.4. The molecular weight excluding hydrogens is 947 g/mol. The van der Waals surface area contributed by atoms with Crippen molar-refractivity contribution >= 4 is 40.3 Å². The van der Waals surface area contributed by atoms with E-state index in [9.17, 15) is 14.7 Å². The number of aromatic nitrogens is 6. The third-order valence-electron chi connectivity index (χ3n) is 14.8. The van der Waals surface area contributed by atoms with Crippen LogP contribution in [-0.4, -0.2) is 152 Å². The Morgan fingerprint density at radius 1 is 0.863 bits per heavy atom. The van der Waals surface area contributed by atoms with Gasteiger partial charge in [-0.3, -0.25) is 24.4 Å². The van der Waals surface area contributed by atoms with Crippen LogP contribution < -0.4 is 30.3 Å². The number of nitrogens with one attached hydrogen (secondary N) is 1. The molecule has 2 amide bonds. The minimum absolute atomic E-state index is 0.0967. The number of para-hydroxylation sites is 1. The van der Waals surface area contributed by atoms with Crippen molar-refractivity contribution in [3.05, 3.63) is 95.6 Å². The maximum absolute atomic E-state index is 14.2. The fourth-order valence-corrected chi connectivity index (χ4v) is 11.6. The van der Waals surface area contributed by atoms with E-state index in [1.54, 1.807) is 40.6 Å². The second kappa shape index (κ2) is 22.1. The summed E-state index contributed by atoms with van der Waals surface area (Å²) in [5, 5.41) is 26.3. The summed E-state index contributed by atoms with van der Waals surface area (Å²) >= 11 is 1.55. The smallest absolute Gasteiger partial charge is 0.254 e. The van der Waals surface area contributed by atoms with Crippen molar-refractivity contribution in [2.24, 2.45) is 5.92 Å². The van der Waals surface area contributed by atoms with Gasteiger partial charge in [0.25, 0.3) is 5.88 Å². The maximum atomic E-state index is 14.2. The number of fused-ring (bicyclic) bond motifs is 2. The maximum Gasteiger partial charge on any atom is 0.254 e. The number of phenols is 1. The van der Waals surface area contributed by atoms with Crippen LogP contribution >= 0.6 is 11.3 Å². The summed E-state index contributed by atoms with van der Waals surface area (Å²) in [6, 6.07) is 18.6. The second-order valence-electron chi connectivity index (χ2n) is 19.9. The number of amides is 2. The van der Waals surface area contributed by atoms with Crippen LogP contribution in [0.1, 0.15) is 75.4 Å². The normalized spacial score (nSPS) is 20.1. The van der Waals surface area contributed by atoms with Crippen molar-refractivity contribution in [3.8, 4) is 39.3 Å². The zero-order valence-electron chi connectivity index (χ0n) is 42.0. The third-order valence-corrected chi connectivity index (χ3v) is 15.8. The number of nitrogens with two attached hydrogens (primary N) is 1. The van der Waals surface area contributed by atoms with Gasteiger partial charge in [-0.25, -0.2) is 9.97 Å². The van der Waals surface area contributed by atoms with Crippen molar-refractivity contribution in [3.63, 3.8) is 0 Å². The average molecular weight is 1010 g/mol. The molecule has 0 aliphatic carbocycles. The highest BCUT2D eigenvalue weighted by atomic mass is 32.1. The van der Waals surface area contributed by atoms with Gasteiger partial charge in [-0.1, -0.05) is 32.0 Å². The van der Waals surface area contributed by atoms with Gasteiger partial charge in [0.15, 0.2) is 11.6 Å². The number of nitrogen functional groups attached to an aromatic ring is 1. The van der Waals surface area contributed by atoms with Crippen LogP contribution in [-0.2, 0) is 9.59 Å². The molecule has 384 valence electrons. The van der Waals surface area contributed by atoms with Crippen molar-refractivity contribution in [1.29, 1.82) is 0 Å². The molecule has 5 aromatic heterocycles. The molecule has 6 aromatic rings. The summed E-state index contributed by atoms with van der Waals surface area (Å²) in [7, 11) is 0. The first kappa shape index (κ1) is 49.7. The van der Waals surface area contributed by atoms with Gasteiger partial charge < -0.3 is 44.9 Å². The molecule has 0 spiro atoms. The number of hydrogen-bond donors (Lipinski definition) is 3. The zero-order valence-corrected chi connectivity index (χ0v) is 42.8. The van der Waals surface area contributed by atoms with Crippen LogP contribution in [0.15, 0.2) is 83.1 Å². The summed E-state index contributed by atoms with van der Waals surface area (Å²) in [6.45, 7) is 16.1. The van der Waals surface area contributed by atoms with Crippen LogP contribution in [0, 0.1) is 12.8 Å². The first-order valence-electron chi connectivity index (χ1n) is 25.5. The number of thiazole rings is 1. The number of aryl methyl sites for hydroxylation is 1. The van der Waals surface area contributed by atoms with E-state index < -0.39 is 12.0 Å². The summed E-state index contributed by atoms with van der Waals surface area (Å²) in [5.74, 6) is 0.918. The predicted octanol–water partition coefficient (Wildman–Crippen LogP) is 6.18. The lowest BCUT2D eigenvalue weighted by molar-refractivity contribution is -0.141. The molecule has 0 radical (unpaired) electrons. The van der Waals surface area contributed by atoms with Gasteiger partial charge in [0.05, 0.1) is 39.2 Å². The number of pyridine rings is 2. The summed E-state index contributed by atoms with van der Waals surface area (Å²) in [4.78, 5) is 53.7. The molecule has 4 fully saturated rings. The molecule has 5 atom stereocenters. The SMILES string of the molecule is Cc1ncsc1-c1ccc([C@H](C)NC(=O)[C@@H]2CCCN2C(=O)[C@@H](c2cc(OCCN3CCN(CCOc4cc(N5C6CCC5CN(c5cc(-c7ccccc7O)nnc5N)C6)ccn4)CC3)no2)C(C)C)cn1. The second-order valence-corrected chi connectivity index (χ2v) is 20.8. The predicted molar refractivity (Wildman–Crippen MR) is 279 cm³/mol. The molecule has 19 nitrogen and oxygen atoms in total. The van der Waals surface area contributed by atoms with E-state index in [-0.39, 0.29) is 41.6 Å². The van der Waals surface area contributed by atoms with E-state index in [1.165, 1.54) is 0 Å². The number of rotatable bonds is 18. The lowest BCUT2D eigenvalue weighted by atomic mass is 9.91. The Labute approximate surface area is 429 Å². The molecule has 4 aliphatic heterocycles. The monoisotopic (exact) mass is 1010 g/mol. The number of phenolic OH excluding ortho intramolecular Hbond substituents is 1. The number of carbonyl (C=O) groups excluding carboxylic acids is 2. The first-order chi connectivity index (χ1) is 35.5. The Bertz CT molecular complexity index is 2840. The number of anilines is 3. The molecule has 4 saturated heterocycles. The van der Waals surface area contributed by atoms with Gasteiger partial charge in [0.2, 0.25) is 17.7 Å². The highest BCUT2D eigenvalue weighted by molar-refractivity contribution is 7.13. The van der Waals surface area contributed by atoms with Crippen molar-refractivity contribution < 1.29 is 28.7 Å². The number of piperazine rings is 2. The Hall–Kier alpha value is -6.90. The van der Waals surface area contributed by atoms with E-state index in [0.717, 1.165) is 105 Å². The van der Waals surface area contributed by atoms with E-state index in [1.807, 2.05) is 69.7 Å². The molecular formula is C53H65N13O6S. The fourth-order valence-electron chi connectivity index (χ4n) is 10.9. The Morgan fingerprint density at radius 3 is 2.29 bits per heavy atom. The molecule has 73 heavy (non-hydrogen) atoms. The van der Waals surface area contributed by atoms with Crippen molar-refractivity contribution in [2.75, 3.05) is 87.7 Å². The lowest BCUT2D eigenvalue weighted by Crippen LogP contribution is -2.54. The molecule has 20 heteroatoms. The molecule has 9 heterocycles. The van der Waals surface area contributed by atoms with E-state index in [0.29, 0.717) is 60.8 Å². The number of carbonyl (C=O) groups is 2. The van der Waals surface area contributed by atoms with Crippen LogP contribution in [0.4, 0.5) is 17.2 Å². The summed E-state index contributed by atoms with van der Waals surface area (Å²) < 4.78 is 18.1. The Balaban J connectivity index is 0.649. The molecule has 2 bridgehead atoms. The fraction of sp³-hybridized carbons (Fsp3) is 0.472. The van der Waals surface area contributed by atoms with Gasteiger partial charge in [-0.05, 0) is 86.5 Å². The van der Waals surface area contributed by atoms with Gasteiger partial charge in [0.1, 0.15) is 30.9 Å². The molecule has 0 saturated carbocycles. The van der Waals surface area contributed by atoms with Crippen LogP contribution in [0.3, 0.4) is 0 Å². The molecule has 4 N–H and O–H groups in total. The number of hydrogen-bond acceptors (Lipinski definition) is 18. The average Bonchev–Trinajstić information content (AvgIpc) is 4.22. The Kier molecular flexibility index (Phi) is 15.0. The molecule has 1 aromatic carbocycles. The number of benzene rings is 1. The van der Waals surface area contributed by atoms with Gasteiger partial charge in [-0.15, -0.1) is 21.5 Å². The zero-order chi connectivity index (χ0) is 50.6. The van der Waals surface area contributed by atoms with Crippen molar-refractivity contribution in [2.45, 2.75) is 83.5 Å². The van der Waals surface area contributed by atoms with Crippen molar-refractivity contribution in [1.82, 2.24) is 50.3 Å². The number of aromatic hydroxyl groups is 1. The lowest BCUT2D eigenvalue weighted by Gasteiger charge is -2.43. The molecule has 4 aliphatic rings. The van der Waals surface area contributed by atoms with Gasteiger partial charge >= 0.3 is 0 Å². The van der Waals surface area contributed by atoms with Gasteiger partial charge in [-0.2, -0.15) is 0 Å². The van der Waals surface area contributed by atoms with Crippen LogP contribution in [0.5, 0.6) is 17.5 Å². The molecule has 2 unspecified atom stereocenters. The van der Waals surface area contributed by atoms with E-state index in [2.05, 4.69) is 67.4 Å². The number of nitrogens with zero attached hydrogens (tertiary/aromatic N) is 11. The number of likely N-dealkylation sites (tertiary alicyclic amines) is 1. The Morgan fingerprint density at radius 2 is 1.60 bits per heavy atom. The number of ether oxygens (including phenoxy) is 2. The minimum atomic E-state index is -0.610. The third kappa shape index (κ3) is 11.1. The highest BCUT2D eigenvalue weighted by Crippen LogP contribution is 2.40. The van der Waals surface area contributed by atoms with E-state index >= 15 is 0 Å². The quantitative estimate of drug-likeness (QED) is 0.0876. The van der Waals surface area contributed by atoms with Gasteiger partial charge in [0, 0.05) is 107 Å². The van der Waals surface area contributed by atoms with Crippen LogP contribution in [0.2, 0.25) is 0 Å². The standard InChI is InChI=1S/C53H65N13O6S/c1-33(2)49(53(69)65-17-7-9-43(65)52(68)58-34(3)36-11-14-41(56-29-36)50-35(4)57-32-73-50)46-28-48(61-72-46)71-25-23-63-20-18-62(19-21-63)22-24-70-47-26-37(15-16-55-47)66-38-12-13-39(66)31-64(30-38)44-27-42(59-60-51(44)54)40-8-5-6-10-45(40)67/h5-6,8,10-11,14-16,26-29,32-34,38-39,43,49,67H,7,9,12-13,17-25,30-31H2,1-4H3,(H2,54,60)(H,58,68)/t34-,38?,39?,43-,49+/m0/s1. The van der Waals surface area contributed by atoms with E-state index in [4.69, 9.17) is 19.7 Å². The topological polar surface area (TPSA) is 218 Å².